The van der Waals surface area contributed by atoms with Crippen molar-refractivity contribution in [3.63, 3.8) is 0 Å². The van der Waals surface area contributed by atoms with Gasteiger partial charge in [0.05, 0.1) is 12.3 Å². The number of hydrogen-bond acceptors (Lipinski definition) is 6. The van der Waals surface area contributed by atoms with Crippen LogP contribution in [0.4, 0.5) is 5.82 Å². The monoisotopic (exact) mass is 377 g/mol. The number of hydrogen-bond donors (Lipinski definition) is 2. The van der Waals surface area contributed by atoms with Crippen LogP contribution in [0.25, 0.3) is 0 Å². The highest BCUT2D eigenvalue weighted by Gasteiger charge is 2.34. The van der Waals surface area contributed by atoms with Crippen molar-refractivity contribution in [2.45, 2.75) is 31.4 Å². The lowest BCUT2D eigenvalue weighted by molar-refractivity contribution is -0.137. The minimum Gasteiger partial charge on any atom is -0.392 e. The van der Waals surface area contributed by atoms with Crippen molar-refractivity contribution in [1.82, 2.24) is 14.9 Å². The molecule has 24 heavy (non-hydrogen) atoms. The fourth-order valence-electron chi connectivity index (χ4n) is 3.28. The van der Waals surface area contributed by atoms with Gasteiger partial charge in [-0.25, -0.2) is 4.98 Å². The molecule has 0 radical (unpaired) electrons. The fourth-order valence-corrected chi connectivity index (χ4v) is 3.28. The summed E-state index contributed by atoms with van der Waals surface area (Å²) in [7, 11) is 0. The summed E-state index contributed by atoms with van der Waals surface area (Å²) in [6.07, 6.45) is 6.57. The Morgan fingerprint density at radius 2 is 1.88 bits per heavy atom. The molecule has 0 aromatic carbocycles. The van der Waals surface area contributed by atoms with Crippen molar-refractivity contribution in [1.29, 1.82) is 0 Å². The SMILES string of the molecule is Cl.Cl.N[C@@H]1C[C@@H](C(=O)N2CCN(c3cnccn3)CC2)CC[C@H]1O. The van der Waals surface area contributed by atoms with Crippen LogP contribution >= 0.6 is 24.8 Å². The largest absolute Gasteiger partial charge is 0.392 e. The van der Waals surface area contributed by atoms with E-state index in [1.807, 2.05) is 4.90 Å². The molecule has 2 fully saturated rings. The lowest BCUT2D eigenvalue weighted by Gasteiger charge is -2.38. The molecule has 1 amide bonds. The van der Waals surface area contributed by atoms with Crippen molar-refractivity contribution < 1.29 is 9.90 Å². The van der Waals surface area contributed by atoms with E-state index in [1.54, 1.807) is 18.6 Å². The first-order valence-corrected chi connectivity index (χ1v) is 7.88. The Labute approximate surface area is 154 Å². The Hall–Kier alpha value is -1.15. The Balaban J connectivity index is 0.00000144. The van der Waals surface area contributed by atoms with Gasteiger partial charge in [-0.05, 0) is 19.3 Å². The van der Waals surface area contributed by atoms with E-state index in [4.69, 9.17) is 5.73 Å². The molecule has 1 aromatic heterocycles. The summed E-state index contributed by atoms with van der Waals surface area (Å²) < 4.78 is 0. The Morgan fingerprint density at radius 3 is 2.46 bits per heavy atom. The van der Waals surface area contributed by atoms with Gasteiger partial charge < -0.3 is 20.6 Å². The predicted octanol–water partition coefficient (Wildman–Crippen LogP) is 0.457. The number of aliphatic hydroxyl groups excluding tert-OH is 1. The zero-order valence-electron chi connectivity index (χ0n) is 13.5. The van der Waals surface area contributed by atoms with E-state index in [9.17, 15) is 9.90 Å². The second-order valence-corrected chi connectivity index (χ2v) is 6.12. The van der Waals surface area contributed by atoms with E-state index in [2.05, 4.69) is 14.9 Å². The van der Waals surface area contributed by atoms with Gasteiger partial charge in [0.1, 0.15) is 5.82 Å². The number of aliphatic hydroxyl groups is 1. The molecule has 0 bridgehead atoms. The zero-order chi connectivity index (χ0) is 15.5. The van der Waals surface area contributed by atoms with E-state index < -0.39 is 6.10 Å². The number of nitrogens with zero attached hydrogens (tertiary/aromatic N) is 4. The standard InChI is InChI=1S/C15H23N5O2.2ClH/c16-12-9-11(1-2-13(12)21)15(22)20-7-5-19(6-8-20)14-10-17-3-4-18-14;;/h3-4,10-13,21H,1-2,5-9,16H2;2*1H/t11-,12+,13+;;/m0../s1. The quantitative estimate of drug-likeness (QED) is 0.776. The predicted molar refractivity (Wildman–Crippen MR) is 96.6 cm³/mol. The summed E-state index contributed by atoms with van der Waals surface area (Å²) in [5, 5.41) is 9.68. The number of halogens is 2. The van der Waals surface area contributed by atoms with Crippen LogP contribution in [0.15, 0.2) is 18.6 Å². The fraction of sp³-hybridized carbons (Fsp3) is 0.667. The van der Waals surface area contributed by atoms with Crippen molar-refractivity contribution in [2.75, 3.05) is 31.1 Å². The molecule has 136 valence electrons. The molecular weight excluding hydrogens is 353 g/mol. The molecule has 1 aliphatic heterocycles. The Bertz CT molecular complexity index is 514. The summed E-state index contributed by atoms with van der Waals surface area (Å²) in [5.41, 5.74) is 5.89. The van der Waals surface area contributed by atoms with Crippen LogP contribution in [-0.4, -0.2) is 64.2 Å². The van der Waals surface area contributed by atoms with Crippen molar-refractivity contribution in [2.24, 2.45) is 11.7 Å². The van der Waals surface area contributed by atoms with Gasteiger partial charge in [-0.2, -0.15) is 0 Å². The third-order valence-corrected chi connectivity index (χ3v) is 4.68. The topological polar surface area (TPSA) is 95.6 Å². The molecule has 0 spiro atoms. The Morgan fingerprint density at radius 1 is 1.17 bits per heavy atom. The van der Waals surface area contributed by atoms with Crippen molar-refractivity contribution in [3.05, 3.63) is 18.6 Å². The summed E-state index contributed by atoms with van der Waals surface area (Å²) in [6, 6.07) is -0.274. The molecule has 1 aromatic rings. The third-order valence-electron chi connectivity index (χ3n) is 4.68. The number of rotatable bonds is 2. The van der Waals surface area contributed by atoms with Crippen LogP contribution in [-0.2, 0) is 4.79 Å². The molecule has 1 saturated carbocycles. The number of piperazine rings is 1. The van der Waals surface area contributed by atoms with E-state index in [0.717, 1.165) is 25.3 Å². The van der Waals surface area contributed by atoms with Gasteiger partial charge in [-0.3, -0.25) is 9.78 Å². The average molecular weight is 378 g/mol. The van der Waals surface area contributed by atoms with Crippen LogP contribution in [0.1, 0.15) is 19.3 Å². The van der Waals surface area contributed by atoms with Gasteiger partial charge in [-0.1, -0.05) is 0 Å². The summed E-state index contributed by atoms with van der Waals surface area (Å²) in [4.78, 5) is 25.0. The molecular formula is C15H25Cl2N5O2. The molecule has 9 heteroatoms. The number of nitrogens with two attached hydrogens (primary N) is 1. The van der Waals surface area contributed by atoms with Gasteiger partial charge in [0.2, 0.25) is 5.91 Å². The van der Waals surface area contributed by atoms with Crippen LogP contribution in [0.5, 0.6) is 0 Å². The maximum absolute atomic E-state index is 12.6. The van der Waals surface area contributed by atoms with Crippen molar-refractivity contribution >= 4 is 36.5 Å². The van der Waals surface area contributed by atoms with Gasteiger partial charge in [0, 0.05) is 50.5 Å². The normalized spacial score (nSPS) is 27.0. The maximum Gasteiger partial charge on any atom is 0.225 e. The number of amides is 1. The molecule has 2 aliphatic rings. The minimum absolute atomic E-state index is 0. The first-order valence-electron chi connectivity index (χ1n) is 7.88. The van der Waals surface area contributed by atoms with Crippen molar-refractivity contribution in [3.8, 4) is 0 Å². The van der Waals surface area contributed by atoms with Crippen LogP contribution in [0, 0.1) is 5.92 Å². The number of carbonyl (C=O) groups excluding carboxylic acids is 1. The molecule has 3 rings (SSSR count). The minimum atomic E-state index is -0.461. The van der Waals surface area contributed by atoms with Gasteiger partial charge >= 0.3 is 0 Å². The van der Waals surface area contributed by atoms with Gasteiger partial charge in [0.25, 0.3) is 0 Å². The zero-order valence-corrected chi connectivity index (χ0v) is 15.1. The number of anilines is 1. The smallest absolute Gasteiger partial charge is 0.225 e. The van der Waals surface area contributed by atoms with E-state index in [0.29, 0.717) is 25.9 Å². The summed E-state index contributed by atoms with van der Waals surface area (Å²) in [5.74, 6) is 1.00. The molecule has 1 aliphatic carbocycles. The Kier molecular flexibility index (Phi) is 8.15. The molecule has 3 N–H and O–H groups in total. The highest BCUT2D eigenvalue weighted by molar-refractivity contribution is 5.85. The number of carbonyl (C=O) groups is 1. The molecule has 0 unspecified atom stereocenters. The maximum atomic E-state index is 12.6. The van der Waals surface area contributed by atoms with E-state index in [1.165, 1.54) is 0 Å². The highest BCUT2D eigenvalue weighted by atomic mass is 35.5. The molecule has 2 heterocycles. The first-order chi connectivity index (χ1) is 10.6. The summed E-state index contributed by atoms with van der Waals surface area (Å²) >= 11 is 0. The molecule has 7 nitrogen and oxygen atoms in total. The first kappa shape index (κ1) is 20.9. The lowest BCUT2D eigenvalue weighted by Crippen LogP contribution is -2.52. The van der Waals surface area contributed by atoms with E-state index in [-0.39, 0.29) is 42.7 Å². The van der Waals surface area contributed by atoms with Crippen LogP contribution < -0.4 is 10.6 Å². The van der Waals surface area contributed by atoms with E-state index >= 15 is 0 Å². The van der Waals surface area contributed by atoms with Gasteiger partial charge in [0.15, 0.2) is 0 Å². The van der Waals surface area contributed by atoms with Crippen LogP contribution in [0.3, 0.4) is 0 Å². The summed E-state index contributed by atoms with van der Waals surface area (Å²) in [6.45, 7) is 2.94. The number of aromatic nitrogens is 2. The average Bonchev–Trinajstić information content (AvgIpc) is 2.58. The second kappa shape index (κ2) is 9.36. The highest BCUT2D eigenvalue weighted by Crippen LogP contribution is 2.26. The third kappa shape index (κ3) is 4.69. The lowest BCUT2D eigenvalue weighted by atomic mass is 9.83. The second-order valence-electron chi connectivity index (χ2n) is 6.12. The molecule has 3 atom stereocenters. The van der Waals surface area contributed by atoms with Crippen LogP contribution in [0.2, 0.25) is 0 Å². The molecule has 1 saturated heterocycles. The van der Waals surface area contributed by atoms with Gasteiger partial charge in [-0.15, -0.1) is 24.8 Å².